The Kier molecular flexibility index (Phi) is 5.49. The van der Waals surface area contributed by atoms with Crippen LogP contribution in [0.5, 0.6) is 0 Å². The summed E-state index contributed by atoms with van der Waals surface area (Å²) in [6, 6.07) is 6.08. The zero-order chi connectivity index (χ0) is 18.7. The van der Waals surface area contributed by atoms with Gasteiger partial charge in [0.25, 0.3) is 5.91 Å². The van der Waals surface area contributed by atoms with Crippen LogP contribution in [0.15, 0.2) is 35.8 Å². The maximum atomic E-state index is 14.0. The Hall–Kier alpha value is -1.87. The SMILES string of the molecule is O=C(c1ccccc1F)N1CCOC2(CN(Cc3nccs3)CCCO2)C1. The van der Waals surface area contributed by atoms with Crippen molar-refractivity contribution in [3.63, 3.8) is 0 Å². The molecular formula is C19H22FN3O3S. The minimum atomic E-state index is -0.882. The predicted octanol–water partition coefficient (Wildman–Crippen LogP) is 2.37. The van der Waals surface area contributed by atoms with E-state index in [1.54, 1.807) is 34.6 Å². The topological polar surface area (TPSA) is 54.9 Å². The van der Waals surface area contributed by atoms with E-state index in [1.165, 1.54) is 12.1 Å². The summed E-state index contributed by atoms with van der Waals surface area (Å²) in [6.45, 7) is 3.80. The van der Waals surface area contributed by atoms with Crippen LogP contribution in [0.3, 0.4) is 0 Å². The third kappa shape index (κ3) is 4.19. The van der Waals surface area contributed by atoms with Crippen molar-refractivity contribution < 1.29 is 18.7 Å². The molecule has 2 saturated heterocycles. The lowest BCUT2D eigenvalue weighted by molar-refractivity contribution is -0.261. The fourth-order valence-corrected chi connectivity index (χ4v) is 4.25. The minimum absolute atomic E-state index is 0.0859. The molecule has 0 bridgehead atoms. The van der Waals surface area contributed by atoms with E-state index < -0.39 is 11.6 Å². The quantitative estimate of drug-likeness (QED) is 0.804. The number of morpholine rings is 1. The molecule has 0 N–H and O–H groups in total. The zero-order valence-electron chi connectivity index (χ0n) is 15.0. The standard InChI is InChI=1S/C19H22FN3O3S/c20-16-5-2-1-4-15(16)18(24)23-8-10-26-19(14-23)13-22(7-3-9-25-19)12-17-21-6-11-27-17/h1-2,4-6,11H,3,7-10,12-14H2. The first-order valence-corrected chi connectivity index (χ1v) is 9.96. The van der Waals surface area contributed by atoms with Crippen LogP contribution in [0.1, 0.15) is 21.8 Å². The first-order valence-electron chi connectivity index (χ1n) is 9.08. The molecule has 144 valence electrons. The van der Waals surface area contributed by atoms with Gasteiger partial charge in [-0.25, -0.2) is 9.37 Å². The van der Waals surface area contributed by atoms with Crippen LogP contribution in [-0.4, -0.2) is 65.9 Å². The third-order valence-electron chi connectivity index (χ3n) is 4.84. The van der Waals surface area contributed by atoms with Gasteiger partial charge in [-0.05, 0) is 18.6 Å². The van der Waals surface area contributed by atoms with Gasteiger partial charge in [0.1, 0.15) is 10.8 Å². The van der Waals surface area contributed by atoms with Crippen LogP contribution >= 0.6 is 11.3 Å². The molecule has 1 unspecified atom stereocenters. The molecule has 1 aromatic heterocycles. The summed E-state index contributed by atoms with van der Waals surface area (Å²) in [7, 11) is 0. The molecule has 0 radical (unpaired) electrons. The molecule has 27 heavy (non-hydrogen) atoms. The Bertz CT molecular complexity index is 788. The fourth-order valence-electron chi connectivity index (χ4n) is 3.59. The molecule has 1 aromatic carbocycles. The summed E-state index contributed by atoms with van der Waals surface area (Å²) in [5.74, 6) is -1.71. The molecule has 1 spiro atoms. The van der Waals surface area contributed by atoms with Crippen molar-refractivity contribution in [1.29, 1.82) is 0 Å². The Balaban J connectivity index is 1.49. The molecule has 6 nitrogen and oxygen atoms in total. The van der Waals surface area contributed by atoms with Crippen molar-refractivity contribution in [2.45, 2.75) is 18.8 Å². The molecule has 1 atom stereocenters. The summed E-state index contributed by atoms with van der Waals surface area (Å²) in [5, 5.41) is 3.01. The monoisotopic (exact) mass is 391 g/mol. The smallest absolute Gasteiger partial charge is 0.257 e. The second kappa shape index (κ2) is 8.02. The van der Waals surface area contributed by atoms with E-state index in [4.69, 9.17) is 9.47 Å². The fraction of sp³-hybridized carbons (Fsp3) is 0.474. The average molecular weight is 391 g/mol. The van der Waals surface area contributed by atoms with Crippen molar-refractivity contribution >= 4 is 17.2 Å². The average Bonchev–Trinajstić information content (AvgIpc) is 3.11. The number of carbonyl (C=O) groups excluding carboxylic acids is 1. The molecule has 0 aliphatic carbocycles. The Labute approximate surface area is 161 Å². The second-order valence-corrected chi connectivity index (χ2v) is 7.78. The molecule has 8 heteroatoms. The van der Waals surface area contributed by atoms with Crippen LogP contribution in [0.2, 0.25) is 0 Å². The highest BCUT2D eigenvalue weighted by atomic mass is 32.1. The number of halogens is 1. The number of benzene rings is 1. The number of hydrogen-bond acceptors (Lipinski definition) is 6. The second-order valence-electron chi connectivity index (χ2n) is 6.80. The maximum Gasteiger partial charge on any atom is 0.257 e. The summed E-state index contributed by atoms with van der Waals surface area (Å²) in [4.78, 5) is 21.1. The highest BCUT2D eigenvalue weighted by Crippen LogP contribution is 2.26. The number of carbonyl (C=O) groups is 1. The minimum Gasteiger partial charge on any atom is -0.347 e. The molecule has 2 aromatic rings. The summed E-state index contributed by atoms with van der Waals surface area (Å²) in [6.07, 6.45) is 2.69. The van der Waals surface area contributed by atoms with Gasteiger partial charge in [0.05, 0.1) is 38.4 Å². The molecule has 3 heterocycles. The van der Waals surface area contributed by atoms with E-state index in [2.05, 4.69) is 9.88 Å². The van der Waals surface area contributed by atoms with Crippen molar-refractivity contribution in [2.24, 2.45) is 0 Å². The van der Waals surface area contributed by atoms with Gasteiger partial charge in [-0.2, -0.15) is 0 Å². The molecule has 0 saturated carbocycles. The Morgan fingerprint density at radius 2 is 2.07 bits per heavy atom. The number of aromatic nitrogens is 1. The van der Waals surface area contributed by atoms with Gasteiger partial charge in [0.15, 0.2) is 5.79 Å². The molecule has 2 aliphatic rings. The van der Waals surface area contributed by atoms with Gasteiger partial charge in [-0.1, -0.05) is 12.1 Å². The van der Waals surface area contributed by atoms with Crippen molar-refractivity contribution in [2.75, 3.05) is 39.4 Å². The van der Waals surface area contributed by atoms with Gasteiger partial charge in [0.2, 0.25) is 0 Å². The highest BCUT2D eigenvalue weighted by molar-refractivity contribution is 7.09. The number of nitrogens with zero attached hydrogens (tertiary/aromatic N) is 3. The summed E-state index contributed by atoms with van der Waals surface area (Å²) in [5.41, 5.74) is 0.0859. The third-order valence-corrected chi connectivity index (χ3v) is 5.60. The molecule has 1 amide bonds. The lowest BCUT2D eigenvalue weighted by atomic mass is 10.1. The van der Waals surface area contributed by atoms with E-state index in [-0.39, 0.29) is 18.0 Å². The normalized spacial score (nSPS) is 24.1. The number of ether oxygens (including phenoxy) is 2. The van der Waals surface area contributed by atoms with Gasteiger partial charge >= 0.3 is 0 Å². The van der Waals surface area contributed by atoms with Crippen molar-refractivity contribution in [1.82, 2.24) is 14.8 Å². The molecular weight excluding hydrogens is 369 g/mol. The molecule has 4 rings (SSSR count). The van der Waals surface area contributed by atoms with Gasteiger partial charge in [0, 0.05) is 24.7 Å². The lowest BCUT2D eigenvalue weighted by Crippen LogP contribution is -2.59. The van der Waals surface area contributed by atoms with Gasteiger partial charge in [-0.3, -0.25) is 9.69 Å². The number of thiazole rings is 1. The van der Waals surface area contributed by atoms with E-state index in [0.717, 1.165) is 24.5 Å². The van der Waals surface area contributed by atoms with Crippen LogP contribution < -0.4 is 0 Å². The van der Waals surface area contributed by atoms with Gasteiger partial charge < -0.3 is 14.4 Å². The molecule has 2 fully saturated rings. The predicted molar refractivity (Wildman–Crippen MR) is 98.9 cm³/mol. The largest absolute Gasteiger partial charge is 0.347 e. The van der Waals surface area contributed by atoms with Gasteiger partial charge in [-0.15, -0.1) is 11.3 Å². The lowest BCUT2D eigenvalue weighted by Gasteiger charge is -2.43. The maximum absolute atomic E-state index is 14.0. The summed E-state index contributed by atoms with van der Waals surface area (Å²) >= 11 is 1.62. The first-order chi connectivity index (χ1) is 13.2. The number of amides is 1. The summed E-state index contributed by atoms with van der Waals surface area (Å²) < 4.78 is 26.1. The highest BCUT2D eigenvalue weighted by Gasteiger charge is 2.42. The Morgan fingerprint density at radius 1 is 1.22 bits per heavy atom. The van der Waals surface area contributed by atoms with Crippen LogP contribution in [0.4, 0.5) is 4.39 Å². The van der Waals surface area contributed by atoms with E-state index in [1.807, 2.05) is 5.38 Å². The van der Waals surface area contributed by atoms with Crippen LogP contribution in [-0.2, 0) is 16.0 Å². The zero-order valence-corrected chi connectivity index (χ0v) is 15.8. The van der Waals surface area contributed by atoms with Crippen molar-refractivity contribution in [3.8, 4) is 0 Å². The number of hydrogen-bond donors (Lipinski definition) is 0. The number of rotatable bonds is 3. The molecule has 2 aliphatic heterocycles. The van der Waals surface area contributed by atoms with E-state index in [0.29, 0.717) is 26.3 Å². The van der Waals surface area contributed by atoms with Crippen LogP contribution in [0, 0.1) is 5.82 Å². The first kappa shape index (κ1) is 18.5. The van der Waals surface area contributed by atoms with Crippen LogP contribution in [0.25, 0.3) is 0 Å². The van der Waals surface area contributed by atoms with E-state index in [9.17, 15) is 9.18 Å². The Morgan fingerprint density at radius 3 is 2.89 bits per heavy atom. The van der Waals surface area contributed by atoms with Crippen molar-refractivity contribution in [3.05, 3.63) is 52.2 Å². The van der Waals surface area contributed by atoms with E-state index >= 15 is 0 Å².